The Morgan fingerprint density at radius 2 is 1.81 bits per heavy atom. The summed E-state index contributed by atoms with van der Waals surface area (Å²) >= 11 is 0. The standard InChI is InChI=1S/C21H24N4O2/c26-25(27)20-7-5-17(6-8-20)9-12-23-13-10-18(11-14-23)16-24-21-4-2-1-3-19(21)15-22-24/h1-8,15,18H,9-14,16H2. The molecule has 1 aromatic heterocycles. The van der Waals surface area contributed by atoms with Crippen LogP contribution in [0.5, 0.6) is 0 Å². The molecule has 0 spiro atoms. The summed E-state index contributed by atoms with van der Waals surface area (Å²) < 4.78 is 2.15. The Bertz CT molecular complexity index is 911. The first-order chi connectivity index (χ1) is 13.2. The van der Waals surface area contributed by atoms with E-state index in [-0.39, 0.29) is 10.6 Å². The number of fused-ring (bicyclic) bond motifs is 1. The molecule has 4 rings (SSSR count). The molecule has 0 aliphatic carbocycles. The second-order valence-electron chi connectivity index (χ2n) is 7.34. The molecule has 3 aromatic rings. The third-order valence-electron chi connectivity index (χ3n) is 5.55. The normalized spacial score (nSPS) is 16.0. The fraction of sp³-hybridized carbons (Fsp3) is 0.381. The minimum absolute atomic E-state index is 0.158. The number of nitro benzene ring substituents is 1. The fourth-order valence-electron chi connectivity index (χ4n) is 3.88. The lowest BCUT2D eigenvalue weighted by Gasteiger charge is -2.32. The second kappa shape index (κ2) is 7.88. The van der Waals surface area contributed by atoms with Crippen LogP contribution in [-0.4, -0.2) is 39.2 Å². The monoisotopic (exact) mass is 364 g/mol. The smallest absolute Gasteiger partial charge is 0.269 e. The predicted molar refractivity (Wildman–Crippen MR) is 106 cm³/mol. The third-order valence-corrected chi connectivity index (χ3v) is 5.55. The van der Waals surface area contributed by atoms with Crippen molar-refractivity contribution in [1.29, 1.82) is 0 Å². The Morgan fingerprint density at radius 1 is 1.07 bits per heavy atom. The van der Waals surface area contributed by atoms with Crippen LogP contribution in [-0.2, 0) is 13.0 Å². The average Bonchev–Trinajstić information content (AvgIpc) is 3.11. The average molecular weight is 364 g/mol. The number of rotatable bonds is 6. The van der Waals surface area contributed by atoms with Gasteiger partial charge in [-0.3, -0.25) is 14.8 Å². The van der Waals surface area contributed by atoms with Crippen molar-refractivity contribution >= 4 is 16.6 Å². The number of piperidine rings is 1. The number of non-ortho nitro benzene ring substituents is 1. The van der Waals surface area contributed by atoms with E-state index in [4.69, 9.17) is 0 Å². The van der Waals surface area contributed by atoms with E-state index < -0.39 is 0 Å². The first-order valence-corrected chi connectivity index (χ1v) is 9.55. The molecule has 0 radical (unpaired) electrons. The molecule has 6 heteroatoms. The molecule has 27 heavy (non-hydrogen) atoms. The molecule has 0 N–H and O–H groups in total. The van der Waals surface area contributed by atoms with Gasteiger partial charge in [0.05, 0.1) is 16.6 Å². The van der Waals surface area contributed by atoms with E-state index in [0.717, 1.165) is 38.2 Å². The molecule has 0 atom stereocenters. The number of aromatic nitrogens is 2. The molecule has 6 nitrogen and oxygen atoms in total. The second-order valence-corrected chi connectivity index (χ2v) is 7.34. The molecular formula is C21H24N4O2. The zero-order valence-electron chi connectivity index (χ0n) is 15.3. The molecule has 0 saturated carbocycles. The number of para-hydroxylation sites is 1. The number of nitrogens with zero attached hydrogens (tertiary/aromatic N) is 4. The number of nitro groups is 1. The molecule has 2 heterocycles. The first-order valence-electron chi connectivity index (χ1n) is 9.55. The van der Waals surface area contributed by atoms with E-state index in [1.54, 1.807) is 12.1 Å². The van der Waals surface area contributed by atoms with Crippen LogP contribution in [0, 0.1) is 16.0 Å². The molecular weight excluding hydrogens is 340 g/mol. The maximum atomic E-state index is 10.7. The van der Waals surface area contributed by atoms with Gasteiger partial charge in [-0.25, -0.2) is 0 Å². The zero-order valence-corrected chi connectivity index (χ0v) is 15.3. The van der Waals surface area contributed by atoms with Crippen LogP contribution in [0.15, 0.2) is 54.7 Å². The molecule has 0 unspecified atom stereocenters. The summed E-state index contributed by atoms with van der Waals surface area (Å²) in [6.07, 6.45) is 5.27. The lowest BCUT2D eigenvalue weighted by molar-refractivity contribution is -0.384. The predicted octanol–water partition coefficient (Wildman–Crippen LogP) is 3.90. The Hall–Kier alpha value is -2.73. The van der Waals surface area contributed by atoms with Gasteiger partial charge in [-0.2, -0.15) is 5.10 Å². The molecule has 140 valence electrons. The van der Waals surface area contributed by atoms with Gasteiger partial charge < -0.3 is 4.90 Å². The van der Waals surface area contributed by atoms with Crippen molar-refractivity contribution < 1.29 is 4.92 Å². The summed E-state index contributed by atoms with van der Waals surface area (Å²) in [7, 11) is 0. The van der Waals surface area contributed by atoms with Crippen molar-refractivity contribution in [2.75, 3.05) is 19.6 Å². The summed E-state index contributed by atoms with van der Waals surface area (Å²) in [4.78, 5) is 12.9. The van der Waals surface area contributed by atoms with Gasteiger partial charge in [-0.1, -0.05) is 30.3 Å². The van der Waals surface area contributed by atoms with E-state index in [1.807, 2.05) is 18.3 Å². The SMILES string of the molecule is O=[N+]([O-])c1ccc(CCN2CCC(Cn3ncc4ccccc43)CC2)cc1. The molecule has 0 amide bonds. The summed E-state index contributed by atoms with van der Waals surface area (Å²) in [6, 6.07) is 15.3. The molecule has 1 aliphatic heterocycles. The van der Waals surface area contributed by atoms with Gasteiger partial charge >= 0.3 is 0 Å². The van der Waals surface area contributed by atoms with Gasteiger partial charge in [-0.05, 0) is 49.9 Å². The van der Waals surface area contributed by atoms with Gasteiger partial charge in [-0.15, -0.1) is 0 Å². The van der Waals surface area contributed by atoms with Gasteiger partial charge in [0.15, 0.2) is 0 Å². The summed E-state index contributed by atoms with van der Waals surface area (Å²) in [6.45, 7) is 4.21. The Kier molecular flexibility index (Phi) is 5.16. The highest BCUT2D eigenvalue weighted by atomic mass is 16.6. The van der Waals surface area contributed by atoms with Crippen molar-refractivity contribution in [1.82, 2.24) is 14.7 Å². The minimum atomic E-state index is -0.350. The van der Waals surface area contributed by atoms with Crippen LogP contribution in [0.3, 0.4) is 0 Å². The lowest BCUT2D eigenvalue weighted by Crippen LogP contribution is -2.36. The molecule has 2 aromatic carbocycles. The highest BCUT2D eigenvalue weighted by molar-refractivity contribution is 5.78. The van der Waals surface area contributed by atoms with Gasteiger partial charge in [0, 0.05) is 30.6 Å². The minimum Gasteiger partial charge on any atom is -0.303 e. The molecule has 1 saturated heterocycles. The van der Waals surface area contributed by atoms with E-state index >= 15 is 0 Å². The van der Waals surface area contributed by atoms with Crippen LogP contribution >= 0.6 is 0 Å². The van der Waals surface area contributed by atoms with Crippen LogP contribution in [0.25, 0.3) is 10.9 Å². The maximum Gasteiger partial charge on any atom is 0.269 e. The molecule has 1 aliphatic rings. The third kappa shape index (κ3) is 4.17. The van der Waals surface area contributed by atoms with Crippen LogP contribution < -0.4 is 0 Å². The maximum absolute atomic E-state index is 10.7. The van der Waals surface area contributed by atoms with Crippen molar-refractivity contribution in [3.05, 3.63) is 70.4 Å². The largest absolute Gasteiger partial charge is 0.303 e. The number of hydrogen-bond acceptors (Lipinski definition) is 4. The number of hydrogen-bond donors (Lipinski definition) is 0. The first kappa shape index (κ1) is 17.7. The van der Waals surface area contributed by atoms with Crippen LogP contribution in [0.1, 0.15) is 18.4 Å². The van der Waals surface area contributed by atoms with Crippen molar-refractivity contribution in [2.24, 2.45) is 5.92 Å². The van der Waals surface area contributed by atoms with E-state index in [2.05, 4.69) is 38.9 Å². The van der Waals surface area contributed by atoms with Crippen molar-refractivity contribution in [3.8, 4) is 0 Å². The van der Waals surface area contributed by atoms with E-state index in [0.29, 0.717) is 5.92 Å². The fourth-order valence-corrected chi connectivity index (χ4v) is 3.88. The van der Waals surface area contributed by atoms with E-state index in [1.165, 1.54) is 23.7 Å². The Morgan fingerprint density at radius 3 is 2.56 bits per heavy atom. The molecule has 0 bridgehead atoms. The highest BCUT2D eigenvalue weighted by Crippen LogP contribution is 2.22. The van der Waals surface area contributed by atoms with Crippen molar-refractivity contribution in [3.63, 3.8) is 0 Å². The quantitative estimate of drug-likeness (QED) is 0.491. The summed E-state index contributed by atoms with van der Waals surface area (Å²) in [5.41, 5.74) is 2.54. The van der Waals surface area contributed by atoms with Gasteiger partial charge in [0.25, 0.3) is 5.69 Å². The van der Waals surface area contributed by atoms with E-state index in [9.17, 15) is 10.1 Å². The Balaban J connectivity index is 1.26. The number of benzene rings is 2. The number of likely N-dealkylation sites (tertiary alicyclic amines) is 1. The highest BCUT2D eigenvalue weighted by Gasteiger charge is 2.20. The summed E-state index contributed by atoms with van der Waals surface area (Å²) in [5, 5.41) is 16.5. The summed E-state index contributed by atoms with van der Waals surface area (Å²) in [5.74, 6) is 0.670. The van der Waals surface area contributed by atoms with Crippen LogP contribution in [0.2, 0.25) is 0 Å². The van der Waals surface area contributed by atoms with Crippen molar-refractivity contribution in [2.45, 2.75) is 25.8 Å². The van der Waals surface area contributed by atoms with Crippen LogP contribution in [0.4, 0.5) is 5.69 Å². The topological polar surface area (TPSA) is 64.2 Å². The van der Waals surface area contributed by atoms with Gasteiger partial charge in [0.1, 0.15) is 0 Å². The Labute approximate surface area is 158 Å². The lowest BCUT2D eigenvalue weighted by atomic mass is 9.96. The molecule has 1 fully saturated rings. The van der Waals surface area contributed by atoms with Gasteiger partial charge in [0.2, 0.25) is 0 Å². The zero-order chi connectivity index (χ0) is 18.6.